The number of hydrogen-bond donors (Lipinski definition) is 1. The Morgan fingerprint density at radius 2 is 2.06 bits per heavy atom. The highest BCUT2D eigenvalue weighted by Gasteiger charge is 2.11. The smallest absolute Gasteiger partial charge is 0.310 e. The van der Waals surface area contributed by atoms with Gasteiger partial charge in [-0.2, -0.15) is 0 Å². The number of carbonyl (C=O) groups excluding carboxylic acids is 2. The average Bonchev–Trinajstić information content (AvgIpc) is 2.31. The third-order valence-corrected chi connectivity index (χ3v) is 2.26. The van der Waals surface area contributed by atoms with Gasteiger partial charge in [-0.25, -0.2) is 0 Å². The van der Waals surface area contributed by atoms with Crippen LogP contribution in [0.5, 0.6) is 5.75 Å². The molecular weight excluding hydrogens is 234 g/mol. The highest BCUT2D eigenvalue weighted by molar-refractivity contribution is 5.90. The molecule has 18 heavy (non-hydrogen) atoms. The maximum absolute atomic E-state index is 11.5. The Kier molecular flexibility index (Phi) is 5.17. The van der Waals surface area contributed by atoms with E-state index in [9.17, 15) is 9.59 Å². The van der Waals surface area contributed by atoms with Crippen LogP contribution in [0.15, 0.2) is 18.2 Å². The summed E-state index contributed by atoms with van der Waals surface area (Å²) in [6, 6.07) is 5.14. The van der Waals surface area contributed by atoms with Gasteiger partial charge in [-0.05, 0) is 30.7 Å². The van der Waals surface area contributed by atoms with Crippen LogP contribution in [0, 0.1) is 0 Å². The number of rotatable bonds is 5. The van der Waals surface area contributed by atoms with E-state index in [2.05, 4.69) is 5.32 Å². The fraction of sp³-hybridized carbons (Fsp3) is 0.385. The van der Waals surface area contributed by atoms with Crippen LogP contribution in [0.2, 0.25) is 0 Å². The van der Waals surface area contributed by atoms with E-state index < -0.39 is 0 Å². The number of benzene rings is 1. The molecule has 0 aliphatic heterocycles. The zero-order chi connectivity index (χ0) is 13.5. The largest absolute Gasteiger partial charge is 0.497 e. The van der Waals surface area contributed by atoms with E-state index in [4.69, 9.17) is 9.47 Å². The molecule has 5 heteroatoms. The molecule has 1 rings (SSSR count). The summed E-state index contributed by atoms with van der Waals surface area (Å²) in [5.41, 5.74) is 1.26. The van der Waals surface area contributed by atoms with Crippen molar-refractivity contribution >= 4 is 17.6 Å². The molecule has 0 bridgehead atoms. The van der Waals surface area contributed by atoms with Crippen LogP contribution in [0.1, 0.15) is 19.4 Å². The molecule has 0 spiro atoms. The van der Waals surface area contributed by atoms with Crippen LogP contribution in [-0.4, -0.2) is 25.6 Å². The average molecular weight is 251 g/mol. The van der Waals surface area contributed by atoms with Crippen LogP contribution >= 0.6 is 0 Å². The van der Waals surface area contributed by atoms with E-state index >= 15 is 0 Å². The maximum Gasteiger partial charge on any atom is 0.310 e. The second-order valence-corrected chi connectivity index (χ2v) is 3.69. The van der Waals surface area contributed by atoms with Gasteiger partial charge in [-0.15, -0.1) is 0 Å². The van der Waals surface area contributed by atoms with Gasteiger partial charge >= 0.3 is 5.97 Å². The molecule has 0 aliphatic carbocycles. The number of amides is 1. The van der Waals surface area contributed by atoms with Gasteiger partial charge in [0, 0.05) is 12.6 Å². The fourth-order valence-electron chi connectivity index (χ4n) is 1.52. The standard InChI is InChI=1S/C13H17NO4/c1-4-18-13(16)8-10-7-11(17-3)5-6-12(10)14-9(2)15/h5-7H,4,8H2,1-3H3,(H,14,15). The van der Waals surface area contributed by atoms with E-state index in [1.807, 2.05) is 0 Å². The number of methoxy groups -OCH3 is 1. The molecule has 1 N–H and O–H groups in total. The highest BCUT2D eigenvalue weighted by Crippen LogP contribution is 2.23. The minimum atomic E-state index is -0.336. The molecule has 1 amide bonds. The van der Waals surface area contributed by atoms with Crippen molar-refractivity contribution in [3.05, 3.63) is 23.8 Å². The molecule has 0 aromatic heterocycles. The molecule has 0 saturated carbocycles. The SMILES string of the molecule is CCOC(=O)Cc1cc(OC)ccc1NC(C)=O. The van der Waals surface area contributed by atoms with E-state index in [-0.39, 0.29) is 18.3 Å². The fourth-order valence-corrected chi connectivity index (χ4v) is 1.52. The number of esters is 1. The summed E-state index contributed by atoms with van der Waals surface area (Å²) in [4.78, 5) is 22.5. The topological polar surface area (TPSA) is 64.6 Å². The summed E-state index contributed by atoms with van der Waals surface area (Å²) in [5.74, 6) is 0.103. The predicted octanol–water partition coefficient (Wildman–Crippen LogP) is 1.76. The van der Waals surface area contributed by atoms with Crippen LogP contribution in [0.3, 0.4) is 0 Å². The van der Waals surface area contributed by atoms with Gasteiger partial charge in [-0.3, -0.25) is 9.59 Å². The first-order valence-corrected chi connectivity index (χ1v) is 5.67. The van der Waals surface area contributed by atoms with E-state index in [1.54, 1.807) is 32.2 Å². The molecule has 5 nitrogen and oxygen atoms in total. The maximum atomic E-state index is 11.5. The second kappa shape index (κ2) is 6.64. The van der Waals surface area contributed by atoms with E-state index in [1.165, 1.54) is 6.92 Å². The van der Waals surface area contributed by atoms with Gasteiger partial charge < -0.3 is 14.8 Å². The molecule has 1 aromatic rings. The lowest BCUT2D eigenvalue weighted by molar-refractivity contribution is -0.142. The number of carbonyl (C=O) groups is 2. The molecule has 0 radical (unpaired) electrons. The Bertz CT molecular complexity index is 443. The van der Waals surface area contributed by atoms with Crippen molar-refractivity contribution in [2.45, 2.75) is 20.3 Å². The molecule has 0 aliphatic rings. The monoisotopic (exact) mass is 251 g/mol. The first-order valence-electron chi connectivity index (χ1n) is 5.67. The molecule has 0 unspecified atom stereocenters. The van der Waals surface area contributed by atoms with Gasteiger partial charge in [0.25, 0.3) is 0 Å². The van der Waals surface area contributed by atoms with Crippen molar-refractivity contribution in [2.24, 2.45) is 0 Å². The third-order valence-electron chi connectivity index (χ3n) is 2.26. The first kappa shape index (κ1) is 14.0. The Balaban J connectivity index is 2.95. The van der Waals surface area contributed by atoms with Gasteiger partial charge in [-0.1, -0.05) is 0 Å². The van der Waals surface area contributed by atoms with Crippen LogP contribution in [0.4, 0.5) is 5.69 Å². The van der Waals surface area contributed by atoms with Crippen molar-refractivity contribution in [3.8, 4) is 5.75 Å². The number of hydrogen-bond acceptors (Lipinski definition) is 4. The zero-order valence-electron chi connectivity index (χ0n) is 10.8. The lowest BCUT2D eigenvalue weighted by Crippen LogP contribution is -2.12. The molecule has 1 aromatic carbocycles. The van der Waals surface area contributed by atoms with Gasteiger partial charge in [0.05, 0.1) is 20.1 Å². The van der Waals surface area contributed by atoms with Gasteiger partial charge in [0.2, 0.25) is 5.91 Å². The lowest BCUT2D eigenvalue weighted by atomic mass is 10.1. The summed E-state index contributed by atoms with van der Waals surface area (Å²) in [7, 11) is 1.54. The second-order valence-electron chi connectivity index (χ2n) is 3.69. The van der Waals surface area contributed by atoms with Crippen molar-refractivity contribution < 1.29 is 19.1 Å². The van der Waals surface area contributed by atoms with Crippen LogP contribution < -0.4 is 10.1 Å². The summed E-state index contributed by atoms with van der Waals surface area (Å²) in [6.07, 6.45) is 0.0979. The number of ether oxygens (including phenoxy) is 2. The van der Waals surface area contributed by atoms with Crippen molar-refractivity contribution in [2.75, 3.05) is 19.0 Å². The Morgan fingerprint density at radius 1 is 1.33 bits per heavy atom. The molecular formula is C13H17NO4. The minimum Gasteiger partial charge on any atom is -0.497 e. The summed E-state index contributed by atoms with van der Waals surface area (Å²) in [6.45, 7) is 3.49. The summed E-state index contributed by atoms with van der Waals surface area (Å²) < 4.78 is 9.98. The Morgan fingerprint density at radius 3 is 2.61 bits per heavy atom. The number of nitrogens with one attached hydrogen (secondary N) is 1. The zero-order valence-corrected chi connectivity index (χ0v) is 10.8. The summed E-state index contributed by atoms with van der Waals surface area (Å²) in [5, 5.41) is 2.67. The highest BCUT2D eigenvalue weighted by atomic mass is 16.5. The van der Waals surface area contributed by atoms with Gasteiger partial charge in [0.1, 0.15) is 5.75 Å². The van der Waals surface area contributed by atoms with Crippen molar-refractivity contribution in [1.29, 1.82) is 0 Å². The van der Waals surface area contributed by atoms with E-state index in [0.29, 0.717) is 23.6 Å². The predicted molar refractivity (Wildman–Crippen MR) is 67.6 cm³/mol. The third kappa shape index (κ3) is 4.08. The Labute approximate surface area is 106 Å². The lowest BCUT2D eigenvalue weighted by Gasteiger charge is -2.11. The molecule has 0 fully saturated rings. The van der Waals surface area contributed by atoms with Crippen LogP contribution in [-0.2, 0) is 20.7 Å². The summed E-state index contributed by atoms with van der Waals surface area (Å²) >= 11 is 0. The normalized spacial score (nSPS) is 9.72. The van der Waals surface area contributed by atoms with E-state index in [0.717, 1.165) is 0 Å². The Hall–Kier alpha value is -2.04. The molecule has 98 valence electrons. The van der Waals surface area contributed by atoms with Crippen LogP contribution in [0.25, 0.3) is 0 Å². The minimum absolute atomic E-state index is 0.0979. The molecule has 0 saturated heterocycles. The van der Waals surface area contributed by atoms with Crippen molar-refractivity contribution in [1.82, 2.24) is 0 Å². The van der Waals surface area contributed by atoms with Crippen molar-refractivity contribution in [3.63, 3.8) is 0 Å². The quantitative estimate of drug-likeness (QED) is 0.810. The molecule has 0 atom stereocenters. The van der Waals surface area contributed by atoms with Gasteiger partial charge in [0.15, 0.2) is 0 Å². The molecule has 0 heterocycles. The number of anilines is 1. The first-order chi connectivity index (χ1) is 8.56.